The molecule has 0 saturated heterocycles. The molecule has 106 valence electrons. The molecule has 1 rings (SSSR count). The van der Waals surface area contributed by atoms with Crippen LogP contribution in [0.5, 0.6) is 5.75 Å². The molecule has 1 atom stereocenters. The Morgan fingerprint density at radius 3 is 2.47 bits per heavy atom. The highest BCUT2D eigenvalue weighted by atomic mass is 32.2. The first-order chi connectivity index (χ1) is 8.66. The van der Waals surface area contributed by atoms with Gasteiger partial charge < -0.3 is 9.84 Å². The van der Waals surface area contributed by atoms with E-state index in [0.717, 1.165) is 18.4 Å². The molecule has 0 saturated carbocycles. The number of carboxylic acid groups (broad SMARTS) is 1. The summed E-state index contributed by atoms with van der Waals surface area (Å²) in [6.07, 6.45) is 0.948. The van der Waals surface area contributed by atoms with Crippen LogP contribution in [0.1, 0.15) is 12.5 Å². The van der Waals surface area contributed by atoms with Crippen LogP contribution >= 0.6 is 0 Å². The van der Waals surface area contributed by atoms with E-state index < -0.39 is 32.4 Å². The minimum absolute atomic E-state index is 0.0550. The van der Waals surface area contributed by atoms with Gasteiger partial charge in [-0.1, -0.05) is 6.92 Å². The van der Waals surface area contributed by atoms with E-state index in [1.807, 2.05) is 0 Å². The van der Waals surface area contributed by atoms with Crippen molar-refractivity contribution in [3.63, 3.8) is 0 Å². The SMILES string of the molecule is COc1cc(S(C)(=O)=O)c(F)cc1CC(C)C(=O)O. The van der Waals surface area contributed by atoms with E-state index in [4.69, 9.17) is 9.84 Å². The lowest BCUT2D eigenvalue weighted by Gasteiger charge is -2.13. The molecule has 19 heavy (non-hydrogen) atoms. The summed E-state index contributed by atoms with van der Waals surface area (Å²) >= 11 is 0. The number of carbonyl (C=O) groups is 1. The Balaban J connectivity index is 3.29. The Labute approximate surface area is 110 Å². The van der Waals surface area contributed by atoms with Gasteiger partial charge in [-0.25, -0.2) is 12.8 Å². The van der Waals surface area contributed by atoms with Gasteiger partial charge in [0.15, 0.2) is 9.84 Å². The summed E-state index contributed by atoms with van der Waals surface area (Å²) in [6, 6.07) is 2.09. The van der Waals surface area contributed by atoms with Crippen LogP contribution in [-0.4, -0.2) is 32.9 Å². The maximum absolute atomic E-state index is 13.7. The quantitative estimate of drug-likeness (QED) is 0.889. The monoisotopic (exact) mass is 290 g/mol. The highest BCUT2D eigenvalue weighted by Crippen LogP contribution is 2.28. The van der Waals surface area contributed by atoms with Gasteiger partial charge in [0.2, 0.25) is 0 Å². The van der Waals surface area contributed by atoms with Crippen LogP contribution in [0.3, 0.4) is 0 Å². The average Bonchev–Trinajstić information content (AvgIpc) is 2.27. The fourth-order valence-corrected chi connectivity index (χ4v) is 2.36. The molecule has 0 aliphatic carbocycles. The maximum atomic E-state index is 13.7. The third-order valence-corrected chi connectivity index (χ3v) is 3.79. The molecular formula is C12H15FO5S. The number of benzene rings is 1. The van der Waals surface area contributed by atoms with Crippen molar-refractivity contribution in [1.29, 1.82) is 0 Å². The summed E-state index contributed by atoms with van der Waals surface area (Å²) in [6.45, 7) is 1.48. The molecule has 0 aromatic heterocycles. The molecular weight excluding hydrogens is 275 g/mol. The van der Waals surface area contributed by atoms with Crippen molar-refractivity contribution in [2.45, 2.75) is 18.2 Å². The van der Waals surface area contributed by atoms with Crippen LogP contribution < -0.4 is 4.74 Å². The number of rotatable bonds is 5. The van der Waals surface area contributed by atoms with Gasteiger partial charge in [0.05, 0.1) is 13.0 Å². The van der Waals surface area contributed by atoms with Crippen molar-refractivity contribution < 1.29 is 27.4 Å². The van der Waals surface area contributed by atoms with E-state index in [1.54, 1.807) is 0 Å². The molecule has 0 radical (unpaired) electrons. The Kier molecular flexibility index (Phi) is 4.52. The van der Waals surface area contributed by atoms with Gasteiger partial charge in [0, 0.05) is 12.3 Å². The predicted molar refractivity (Wildman–Crippen MR) is 66.6 cm³/mol. The van der Waals surface area contributed by atoms with Gasteiger partial charge in [0.25, 0.3) is 0 Å². The smallest absolute Gasteiger partial charge is 0.306 e. The predicted octanol–water partition coefficient (Wildman–Crippen LogP) is 1.50. The van der Waals surface area contributed by atoms with Crippen LogP contribution in [-0.2, 0) is 21.1 Å². The van der Waals surface area contributed by atoms with Gasteiger partial charge in [-0.2, -0.15) is 0 Å². The number of sulfone groups is 1. The third kappa shape index (κ3) is 3.66. The highest BCUT2D eigenvalue weighted by Gasteiger charge is 2.20. The van der Waals surface area contributed by atoms with Gasteiger partial charge in [-0.3, -0.25) is 4.79 Å². The molecule has 1 unspecified atom stereocenters. The van der Waals surface area contributed by atoms with Gasteiger partial charge in [-0.05, 0) is 18.1 Å². The second-order valence-corrected chi connectivity index (χ2v) is 6.29. The topological polar surface area (TPSA) is 80.7 Å². The average molecular weight is 290 g/mol. The van der Waals surface area contributed by atoms with E-state index in [1.165, 1.54) is 14.0 Å². The number of methoxy groups -OCH3 is 1. The molecule has 0 aliphatic heterocycles. The lowest BCUT2D eigenvalue weighted by atomic mass is 10.0. The summed E-state index contributed by atoms with van der Waals surface area (Å²) in [5.74, 6) is -2.49. The zero-order chi connectivity index (χ0) is 14.8. The van der Waals surface area contributed by atoms with Crippen LogP contribution in [0.15, 0.2) is 17.0 Å². The summed E-state index contributed by atoms with van der Waals surface area (Å²) < 4.78 is 41.5. The third-order valence-electron chi connectivity index (χ3n) is 2.68. The lowest BCUT2D eigenvalue weighted by molar-refractivity contribution is -0.141. The van der Waals surface area contributed by atoms with E-state index >= 15 is 0 Å². The van der Waals surface area contributed by atoms with Crippen molar-refractivity contribution >= 4 is 15.8 Å². The molecule has 1 aromatic carbocycles. The van der Waals surface area contributed by atoms with E-state index in [2.05, 4.69) is 0 Å². The molecule has 0 amide bonds. The summed E-state index contributed by atoms with van der Waals surface area (Å²) in [7, 11) is -2.39. The Morgan fingerprint density at radius 2 is 2.05 bits per heavy atom. The summed E-state index contributed by atoms with van der Waals surface area (Å²) in [5.41, 5.74) is 0.322. The highest BCUT2D eigenvalue weighted by molar-refractivity contribution is 7.90. The number of aliphatic carboxylic acids is 1. The molecule has 0 bridgehead atoms. The Hall–Kier alpha value is -1.63. The second kappa shape index (κ2) is 5.56. The Bertz CT molecular complexity index is 594. The molecule has 5 nitrogen and oxygen atoms in total. The van der Waals surface area contributed by atoms with Crippen LogP contribution in [0.4, 0.5) is 4.39 Å². The Morgan fingerprint density at radius 1 is 1.47 bits per heavy atom. The minimum Gasteiger partial charge on any atom is -0.496 e. The van der Waals surface area contributed by atoms with Gasteiger partial charge in [-0.15, -0.1) is 0 Å². The largest absolute Gasteiger partial charge is 0.496 e. The fraction of sp³-hybridized carbons (Fsp3) is 0.417. The van der Waals surface area contributed by atoms with Crippen molar-refractivity contribution in [1.82, 2.24) is 0 Å². The van der Waals surface area contributed by atoms with Crippen molar-refractivity contribution in [2.24, 2.45) is 5.92 Å². The van der Waals surface area contributed by atoms with Crippen LogP contribution in [0.25, 0.3) is 0 Å². The molecule has 0 spiro atoms. The van der Waals surface area contributed by atoms with E-state index in [0.29, 0.717) is 5.56 Å². The molecule has 7 heteroatoms. The maximum Gasteiger partial charge on any atom is 0.306 e. The number of halogens is 1. The zero-order valence-electron chi connectivity index (χ0n) is 10.8. The minimum atomic E-state index is -3.70. The molecule has 0 heterocycles. The summed E-state index contributed by atoms with van der Waals surface area (Å²) in [5, 5.41) is 8.83. The lowest BCUT2D eigenvalue weighted by Crippen LogP contribution is -2.13. The normalized spacial score (nSPS) is 13.1. The standard InChI is InChI=1S/C12H15FO5S/c1-7(12(14)15)4-8-5-9(13)11(19(3,16)17)6-10(8)18-2/h5-7H,4H2,1-3H3,(H,14,15). The number of hydrogen-bond acceptors (Lipinski definition) is 4. The van der Waals surface area contributed by atoms with E-state index in [-0.39, 0.29) is 12.2 Å². The molecule has 0 fully saturated rings. The number of ether oxygens (including phenoxy) is 1. The van der Waals surface area contributed by atoms with Crippen molar-refractivity contribution in [3.05, 3.63) is 23.5 Å². The molecule has 1 aromatic rings. The van der Waals surface area contributed by atoms with Crippen molar-refractivity contribution in [3.8, 4) is 5.75 Å². The second-order valence-electron chi connectivity index (χ2n) is 4.31. The van der Waals surface area contributed by atoms with E-state index in [9.17, 15) is 17.6 Å². The summed E-state index contributed by atoms with van der Waals surface area (Å²) in [4.78, 5) is 10.3. The van der Waals surface area contributed by atoms with Crippen LogP contribution in [0, 0.1) is 11.7 Å². The zero-order valence-corrected chi connectivity index (χ0v) is 11.6. The first kappa shape index (κ1) is 15.4. The number of hydrogen-bond donors (Lipinski definition) is 1. The van der Waals surface area contributed by atoms with Crippen LogP contribution in [0.2, 0.25) is 0 Å². The van der Waals surface area contributed by atoms with Gasteiger partial charge in [0.1, 0.15) is 16.5 Å². The molecule has 0 aliphatic rings. The fourth-order valence-electron chi connectivity index (χ4n) is 1.63. The molecule has 1 N–H and O–H groups in total. The first-order valence-corrected chi connectivity index (χ1v) is 7.35. The van der Waals surface area contributed by atoms with Crippen molar-refractivity contribution in [2.75, 3.05) is 13.4 Å². The first-order valence-electron chi connectivity index (χ1n) is 5.46. The van der Waals surface area contributed by atoms with Gasteiger partial charge >= 0.3 is 5.97 Å². The number of carboxylic acids is 1.